The molecule has 2 aromatic heterocycles. The number of pyridine rings is 1. The standard InChI is InChI=1S/C14H11FN6O4S/c15-9-1-7-10(22)8(13(23)24)4-21(14-16-5-17-26-14)11(7)18-12(9)20-2-6(3-20)19-25/h1,4-5,9,12,25H,2-3H2,(H,23,24). The zero-order chi connectivity index (χ0) is 18.4. The molecule has 0 amide bonds. The van der Waals surface area contributed by atoms with E-state index in [1.165, 1.54) is 10.9 Å². The SMILES string of the molecule is O=C(O)c1cn(-c2ncns2)c2c(c1=O)=CC(F)C(N1CC(=NO)C1)N=2. The van der Waals surface area contributed by atoms with Crippen molar-refractivity contribution in [2.45, 2.75) is 12.3 Å². The van der Waals surface area contributed by atoms with Gasteiger partial charge >= 0.3 is 5.97 Å². The fourth-order valence-corrected chi connectivity index (χ4v) is 3.39. The minimum absolute atomic E-state index is 0.116. The van der Waals surface area contributed by atoms with Gasteiger partial charge in [0.15, 0.2) is 6.17 Å². The molecule has 4 rings (SSSR count). The Hall–Kier alpha value is -2.99. The van der Waals surface area contributed by atoms with Gasteiger partial charge in [0, 0.05) is 30.8 Å². The third-order valence-corrected chi connectivity index (χ3v) is 4.82. The molecule has 1 saturated heterocycles. The van der Waals surface area contributed by atoms with E-state index in [-0.39, 0.29) is 23.8 Å². The molecule has 0 saturated carbocycles. The van der Waals surface area contributed by atoms with E-state index in [9.17, 15) is 19.1 Å². The van der Waals surface area contributed by atoms with Crippen LogP contribution in [0.3, 0.4) is 0 Å². The number of fused-ring (bicyclic) bond motifs is 1. The van der Waals surface area contributed by atoms with Gasteiger partial charge in [-0.2, -0.15) is 4.37 Å². The first-order valence-electron chi connectivity index (χ1n) is 7.43. The number of halogens is 1. The Labute approximate surface area is 148 Å². The number of aromatic nitrogens is 3. The number of alkyl halides is 1. The zero-order valence-electron chi connectivity index (χ0n) is 13.0. The number of carbonyl (C=O) groups is 1. The normalized spacial score (nSPS) is 22.0. The number of aromatic carboxylic acids is 1. The summed E-state index contributed by atoms with van der Waals surface area (Å²) in [6.07, 6.45) is 0.956. The molecule has 2 unspecified atom stereocenters. The Morgan fingerprint density at radius 3 is 2.81 bits per heavy atom. The maximum absolute atomic E-state index is 14.6. The Kier molecular flexibility index (Phi) is 3.85. The summed E-state index contributed by atoms with van der Waals surface area (Å²) in [7, 11) is 0. The highest BCUT2D eigenvalue weighted by Gasteiger charge is 2.36. The number of nitrogens with zero attached hydrogens (tertiary/aromatic N) is 6. The van der Waals surface area contributed by atoms with E-state index in [4.69, 9.17) is 5.21 Å². The summed E-state index contributed by atoms with van der Waals surface area (Å²) in [6.45, 7) is 0.509. The Morgan fingerprint density at radius 1 is 1.42 bits per heavy atom. The summed E-state index contributed by atoms with van der Waals surface area (Å²) < 4.78 is 19.8. The predicted molar refractivity (Wildman–Crippen MR) is 87.2 cm³/mol. The van der Waals surface area contributed by atoms with Crippen molar-refractivity contribution in [1.82, 2.24) is 18.8 Å². The molecule has 2 aliphatic rings. The molecule has 0 aromatic carbocycles. The second-order valence-corrected chi connectivity index (χ2v) is 6.49. The lowest BCUT2D eigenvalue weighted by atomic mass is 10.1. The molecule has 2 aliphatic heterocycles. The van der Waals surface area contributed by atoms with E-state index >= 15 is 0 Å². The molecule has 10 nitrogen and oxygen atoms in total. The minimum atomic E-state index is -1.61. The summed E-state index contributed by atoms with van der Waals surface area (Å²) in [6, 6.07) is 0. The van der Waals surface area contributed by atoms with Crippen LogP contribution in [-0.4, -0.2) is 66.2 Å². The van der Waals surface area contributed by atoms with Crippen LogP contribution in [0.2, 0.25) is 0 Å². The Morgan fingerprint density at radius 2 is 2.19 bits per heavy atom. The van der Waals surface area contributed by atoms with E-state index in [0.29, 0.717) is 10.8 Å². The first-order valence-corrected chi connectivity index (χ1v) is 8.20. The van der Waals surface area contributed by atoms with Gasteiger partial charge in [-0.05, 0) is 6.08 Å². The molecule has 0 aliphatic carbocycles. The average molecular weight is 378 g/mol. The molecule has 0 spiro atoms. The maximum Gasteiger partial charge on any atom is 0.341 e. The van der Waals surface area contributed by atoms with Crippen LogP contribution in [0.4, 0.5) is 4.39 Å². The first kappa shape index (κ1) is 16.5. The molecule has 1 fully saturated rings. The average Bonchev–Trinajstić information content (AvgIpc) is 3.09. The predicted octanol–water partition coefficient (Wildman–Crippen LogP) is -1.39. The second kappa shape index (κ2) is 6.07. The van der Waals surface area contributed by atoms with Gasteiger partial charge < -0.3 is 10.3 Å². The van der Waals surface area contributed by atoms with Gasteiger partial charge in [0.25, 0.3) is 0 Å². The van der Waals surface area contributed by atoms with Crippen LogP contribution in [0.5, 0.6) is 0 Å². The fraction of sp³-hybridized carbons (Fsp3) is 0.286. The molecule has 2 atom stereocenters. The van der Waals surface area contributed by atoms with Crippen molar-refractivity contribution >= 4 is 29.3 Å². The fourth-order valence-electron chi connectivity index (χ4n) is 2.88. The van der Waals surface area contributed by atoms with Crippen LogP contribution in [0.25, 0.3) is 11.2 Å². The largest absolute Gasteiger partial charge is 0.477 e. The summed E-state index contributed by atoms with van der Waals surface area (Å²) >= 11 is 0.983. The van der Waals surface area contributed by atoms with Crippen molar-refractivity contribution in [1.29, 1.82) is 0 Å². The number of carboxylic acids is 1. The summed E-state index contributed by atoms with van der Waals surface area (Å²) in [5.41, 5.74) is -0.694. The number of hydrogen-bond acceptors (Lipinski definition) is 9. The van der Waals surface area contributed by atoms with Gasteiger partial charge in [0.05, 0.1) is 10.9 Å². The maximum atomic E-state index is 14.6. The molecule has 4 heterocycles. The first-order chi connectivity index (χ1) is 12.5. The number of rotatable bonds is 3. The van der Waals surface area contributed by atoms with Crippen LogP contribution in [-0.2, 0) is 0 Å². The molecular formula is C14H11FN6O4S. The van der Waals surface area contributed by atoms with Gasteiger partial charge in [-0.15, -0.1) is 0 Å². The van der Waals surface area contributed by atoms with Crippen molar-refractivity contribution in [2.75, 3.05) is 13.1 Å². The van der Waals surface area contributed by atoms with Crippen molar-refractivity contribution < 1.29 is 19.5 Å². The quantitative estimate of drug-likeness (QED) is 0.496. The molecule has 2 N–H and O–H groups in total. The van der Waals surface area contributed by atoms with Crippen LogP contribution in [0, 0.1) is 0 Å². The van der Waals surface area contributed by atoms with Crippen molar-refractivity contribution in [3.8, 4) is 5.13 Å². The minimum Gasteiger partial charge on any atom is -0.477 e. The third-order valence-electron chi connectivity index (χ3n) is 4.15. The van der Waals surface area contributed by atoms with Crippen LogP contribution in [0.1, 0.15) is 10.4 Å². The molecule has 0 radical (unpaired) electrons. The summed E-state index contributed by atoms with van der Waals surface area (Å²) in [5, 5.41) is 21.3. The van der Waals surface area contributed by atoms with Gasteiger partial charge in [0.2, 0.25) is 10.6 Å². The second-order valence-electron chi connectivity index (χ2n) is 5.73. The monoisotopic (exact) mass is 378 g/mol. The molecule has 26 heavy (non-hydrogen) atoms. The number of oxime groups is 1. The van der Waals surface area contributed by atoms with Crippen molar-refractivity contribution in [3.63, 3.8) is 0 Å². The number of likely N-dealkylation sites (tertiary alicyclic amines) is 1. The van der Waals surface area contributed by atoms with E-state index in [1.54, 1.807) is 4.90 Å². The third kappa shape index (κ3) is 2.50. The van der Waals surface area contributed by atoms with E-state index in [1.807, 2.05) is 0 Å². The van der Waals surface area contributed by atoms with Gasteiger partial charge in [-0.25, -0.2) is 19.2 Å². The summed E-state index contributed by atoms with van der Waals surface area (Å²) in [5.74, 6) is -1.42. The van der Waals surface area contributed by atoms with Crippen molar-refractivity contribution in [3.05, 3.63) is 39.0 Å². The smallest absolute Gasteiger partial charge is 0.341 e. The lowest BCUT2D eigenvalue weighted by molar-refractivity contribution is 0.0694. The van der Waals surface area contributed by atoms with E-state index in [2.05, 4.69) is 19.5 Å². The number of carboxylic acid groups (broad SMARTS) is 1. The Bertz CT molecular complexity index is 1090. The highest BCUT2D eigenvalue weighted by atomic mass is 32.1. The zero-order valence-corrected chi connectivity index (χ0v) is 13.8. The molecule has 134 valence electrons. The van der Waals surface area contributed by atoms with Crippen LogP contribution in [0.15, 0.2) is 27.5 Å². The van der Waals surface area contributed by atoms with Gasteiger partial charge in [0.1, 0.15) is 23.5 Å². The van der Waals surface area contributed by atoms with Gasteiger partial charge in [-0.1, -0.05) is 5.16 Å². The summed E-state index contributed by atoms with van der Waals surface area (Å²) in [4.78, 5) is 33.8. The van der Waals surface area contributed by atoms with Gasteiger partial charge in [-0.3, -0.25) is 14.3 Å². The lowest BCUT2D eigenvalue weighted by Crippen LogP contribution is -2.59. The highest BCUT2D eigenvalue weighted by molar-refractivity contribution is 7.07. The molecule has 12 heteroatoms. The topological polar surface area (TPSA) is 133 Å². The van der Waals surface area contributed by atoms with Crippen molar-refractivity contribution in [2.24, 2.45) is 10.1 Å². The number of hydrogen-bond donors (Lipinski definition) is 2. The van der Waals surface area contributed by atoms with Crippen LogP contribution < -0.4 is 16.1 Å². The van der Waals surface area contributed by atoms with E-state index < -0.39 is 29.3 Å². The van der Waals surface area contributed by atoms with E-state index in [0.717, 1.165) is 23.8 Å². The van der Waals surface area contributed by atoms with Crippen LogP contribution >= 0.6 is 11.5 Å². The molecule has 2 aromatic rings. The Balaban J connectivity index is 1.94. The highest BCUT2D eigenvalue weighted by Crippen LogP contribution is 2.18. The molecular weight excluding hydrogens is 367 g/mol. The molecule has 0 bridgehead atoms. The lowest BCUT2D eigenvalue weighted by Gasteiger charge is -2.37.